The van der Waals surface area contributed by atoms with Gasteiger partial charge in [0, 0.05) is 23.5 Å². The first kappa shape index (κ1) is 18.2. The Morgan fingerprint density at radius 3 is 2.64 bits per heavy atom. The summed E-state index contributed by atoms with van der Waals surface area (Å²) in [5.74, 6) is 0.341. The molecule has 1 N–H and O–H groups in total. The molecule has 0 spiro atoms. The standard InChI is InChI=1S/C21H25BrN2O/c1-16-5-2-3-7-19(16)14-23-21(25)18-9-11-24(12-10-18)15-17-6-4-8-20(22)13-17/h2-8,13,18H,9-12,14-15H2,1H3,(H,23,25). The zero-order chi connectivity index (χ0) is 17.6. The molecule has 0 radical (unpaired) electrons. The molecule has 1 aliphatic rings. The van der Waals surface area contributed by atoms with Crippen LogP contribution < -0.4 is 5.32 Å². The molecule has 0 unspecified atom stereocenters. The fourth-order valence-electron chi connectivity index (χ4n) is 3.38. The monoisotopic (exact) mass is 400 g/mol. The number of nitrogens with one attached hydrogen (secondary N) is 1. The quantitative estimate of drug-likeness (QED) is 0.811. The van der Waals surface area contributed by atoms with Crippen molar-refractivity contribution in [2.24, 2.45) is 5.92 Å². The van der Waals surface area contributed by atoms with E-state index in [-0.39, 0.29) is 11.8 Å². The number of nitrogens with zero attached hydrogens (tertiary/aromatic N) is 1. The molecule has 0 aliphatic carbocycles. The second-order valence-electron chi connectivity index (χ2n) is 6.82. The molecule has 3 rings (SSSR count). The highest BCUT2D eigenvalue weighted by Gasteiger charge is 2.24. The Balaban J connectivity index is 1.45. The summed E-state index contributed by atoms with van der Waals surface area (Å²) >= 11 is 3.53. The predicted molar refractivity (Wildman–Crippen MR) is 105 cm³/mol. The maximum absolute atomic E-state index is 12.5. The third kappa shape index (κ3) is 5.16. The number of rotatable bonds is 5. The molecule has 1 aliphatic heterocycles. The SMILES string of the molecule is Cc1ccccc1CNC(=O)C1CCN(Cc2cccc(Br)c2)CC1. The van der Waals surface area contributed by atoms with E-state index < -0.39 is 0 Å². The van der Waals surface area contributed by atoms with Crippen LogP contribution in [0.15, 0.2) is 53.0 Å². The lowest BCUT2D eigenvalue weighted by molar-refractivity contribution is -0.126. The minimum Gasteiger partial charge on any atom is -0.352 e. The van der Waals surface area contributed by atoms with E-state index in [0.29, 0.717) is 6.54 Å². The van der Waals surface area contributed by atoms with Crippen molar-refractivity contribution in [1.29, 1.82) is 0 Å². The van der Waals surface area contributed by atoms with Gasteiger partial charge in [0.25, 0.3) is 0 Å². The summed E-state index contributed by atoms with van der Waals surface area (Å²) in [6.45, 7) is 5.63. The smallest absolute Gasteiger partial charge is 0.223 e. The third-order valence-electron chi connectivity index (χ3n) is 4.97. The predicted octanol–water partition coefficient (Wildman–Crippen LogP) is 4.29. The maximum Gasteiger partial charge on any atom is 0.223 e. The van der Waals surface area contributed by atoms with Crippen LogP contribution in [0, 0.1) is 12.8 Å². The lowest BCUT2D eigenvalue weighted by Gasteiger charge is -2.31. The maximum atomic E-state index is 12.5. The molecule has 4 heteroatoms. The van der Waals surface area contributed by atoms with Crippen LogP contribution in [-0.4, -0.2) is 23.9 Å². The highest BCUT2D eigenvalue weighted by Crippen LogP contribution is 2.21. The van der Waals surface area contributed by atoms with E-state index in [0.717, 1.165) is 36.9 Å². The lowest BCUT2D eigenvalue weighted by atomic mass is 9.95. The van der Waals surface area contributed by atoms with Crippen LogP contribution in [0.5, 0.6) is 0 Å². The molecule has 0 atom stereocenters. The highest BCUT2D eigenvalue weighted by molar-refractivity contribution is 9.10. The zero-order valence-electron chi connectivity index (χ0n) is 14.7. The summed E-state index contributed by atoms with van der Waals surface area (Å²) < 4.78 is 1.12. The van der Waals surface area contributed by atoms with Gasteiger partial charge in [0.1, 0.15) is 0 Å². The van der Waals surface area contributed by atoms with Crippen LogP contribution in [-0.2, 0) is 17.9 Å². The molecule has 2 aromatic rings. The fourth-order valence-corrected chi connectivity index (χ4v) is 3.83. The number of hydrogen-bond acceptors (Lipinski definition) is 2. The Bertz CT molecular complexity index is 723. The van der Waals surface area contributed by atoms with Crippen LogP contribution in [0.1, 0.15) is 29.5 Å². The Kier molecular flexibility index (Phi) is 6.27. The second kappa shape index (κ2) is 8.63. The molecule has 0 bridgehead atoms. The van der Waals surface area contributed by atoms with Crippen LogP contribution in [0.25, 0.3) is 0 Å². The van der Waals surface area contributed by atoms with E-state index in [1.54, 1.807) is 0 Å². The Morgan fingerprint density at radius 2 is 1.92 bits per heavy atom. The van der Waals surface area contributed by atoms with Crippen LogP contribution in [0.3, 0.4) is 0 Å². The largest absolute Gasteiger partial charge is 0.352 e. The molecule has 1 fully saturated rings. The average molecular weight is 401 g/mol. The van der Waals surface area contributed by atoms with Gasteiger partial charge < -0.3 is 5.32 Å². The number of piperidine rings is 1. The van der Waals surface area contributed by atoms with E-state index in [2.05, 4.69) is 69.5 Å². The van der Waals surface area contributed by atoms with Crippen molar-refractivity contribution in [3.63, 3.8) is 0 Å². The minimum absolute atomic E-state index is 0.141. The Labute approximate surface area is 158 Å². The van der Waals surface area contributed by atoms with Crippen molar-refractivity contribution in [3.05, 3.63) is 69.7 Å². The van der Waals surface area contributed by atoms with E-state index in [9.17, 15) is 4.79 Å². The minimum atomic E-state index is 0.141. The number of halogens is 1. The van der Waals surface area contributed by atoms with Crippen LogP contribution in [0.4, 0.5) is 0 Å². The van der Waals surface area contributed by atoms with Crippen molar-refractivity contribution in [1.82, 2.24) is 10.2 Å². The van der Waals surface area contributed by atoms with E-state index in [4.69, 9.17) is 0 Å². The van der Waals surface area contributed by atoms with E-state index in [1.807, 2.05) is 12.1 Å². The summed E-state index contributed by atoms with van der Waals surface area (Å²) in [6.07, 6.45) is 1.88. The van der Waals surface area contributed by atoms with Crippen molar-refractivity contribution in [2.75, 3.05) is 13.1 Å². The average Bonchev–Trinajstić information content (AvgIpc) is 2.61. The first-order valence-corrected chi connectivity index (χ1v) is 9.70. The molecule has 2 aromatic carbocycles. The van der Waals surface area contributed by atoms with Crippen LogP contribution in [0.2, 0.25) is 0 Å². The van der Waals surface area contributed by atoms with Crippen LogP contribution >= 0.6 is 15.9 Å². The molecular formula is C21H25BrN2O. The Hall–Kier alpha value is -1.65. The number of carbonyl (C=O) groups is 1. The molecule has 1 amide bonds. The molecule has 1 heterocycles. The third-order valence-corrected chi connectivity index (χ3v) is 5.46. The lowest BCUT2D eigenvalue weighted by Crippen LogP contribution is -2.40. The van der Waals surface area contributed by atoms with E-state index in [1.165, 1.54) is 16.7 Å². The fraction of sp³-hybridized carbons (Fsp3) is 0.381. The van der Waals surface area contributed by atoms with Crippen molar-refractivity contribution >= 4 is 21.8 Å². The Morgan fingerprint density at radius 1 is 1.16 bits per heavy atom. The molecular weight excluding hydrogens is 376 g/mol. The summed E-state index contributed by atoms with van der Waals surface area (Å²) in [7, 11) is 0. The van der Waals surface area contributed by atoms with Crippen molar-refractivity contribution < 1.29 is 4.79 Å². The number of amides is 1. The molecule has 3 nitrogen and oxygen atoms in total. The number of benzene rings is 2. The molecule has 0 aromatic heterocycles. The first-order chi connectivity index (χ1) is 12.1. The number of likely N-dealkylation sites (tertiary alicyclic amines) is 1. The highest BCUT2D eigenvalue weighted by atomic mass is 79.9. The summed E-state index contributed by atoms with van der Waals surface area (Å²) in [4.78, 5) is 14.9. The van der Waals surface area contributed by atoms with Gasteiger partial charge in [-0.15, -0.1) is 0 Å². The second-order valence-corrected chi connectivity index (χ2v) is 7.74. The molecule has 0 saturated carbocycles. The van der Waals surface area contributed by atoms with E-state index >= 15 is 0 Å². The van der Waals surface area contributed by atoms with Gasteiger partial charge in [0.15, 0.2) is 0 Å². The number of carbonyl (C=O) groups excluding carboxylic acids is 1. The first-order valence-electron chi connectivity index (χ1n) is 8.91. The molecule has 25 heavy (non-hydrogen) atoms. The van der Waals surface area contributed by atoms with Gasteiger partial charge in [-0.2, -0.15) is 0 Å². The summed E-state index contributed by atoms with van der Waals surface area (Å²) in [5, 5.41) is 3.12. The van der Waals surface area contributed by atoms with Gasteiger partial charge in [-0.25, -0.2) is 0 Å². The van der Waals surface area contributed by atoms with Crippen molar-refractivity contribution in [2.45, 2.75) is 32.9 Å². The topological polar surface area (TPSA) is 32.3 Å². The molecule has 132 valence electrons. The van der Waals surface area contributed by atoms with Gasteiger partial charge in [-0.3, -0.25) is 9.69 Å². The zero-order valence-corrected chi connectivity index (χ0v) is 16.3. The van der Waals surface area contributed by atoms with Gasteiger partial charge in [-0.05, 0) is 61.7 Å². The summed E-state index contributed by atoms with van der Waals surface area (Å²) in [6, 6.07) is 16.7. The van der Waals surface area contributed by atoms with Gasteiger partial charge >= 0.3 is 0 Å². The molecule has 1 saturated heterocycles. The summed E-state index contributed by atoms with van der Waals surface area (Å²) in [5.41, 5.74) is 3.74. The van der Waals surface area contributed by atoms with Gasteiger partial charge in [-0.1, -0.05) is 52.3 Å². The van der Waals surface area contributed by atoms with Gasteiger partial charge in [0.2, 0.25) is 5.91 Å². The van der Waals surface area contributed by atoms with Gasteiger partial charge in [0.05, 0.1) is 0 Å². The normalized spacial score (nSPS) is 15.9. The number of aryl methyl sites for hydroxylation is 1. The van der Waals surface area contributed by atoms with Crippen molar-refractivity contribution in [3.8, 4) is 0 Å². The number of hydrogen-bond donors (Lipinski definition) is 1.